The molecule has 2 aliphatic rings. The molecule has 0 atom stereocenters. The minimum atomic E-state index is -0.355. The maximum absolute atomic E-state index is 12.4. The fourth-order valence-electron chi connectivity index (χ4n) is 4.09. The first-order chi connectivity index (χ1) is 20.3. The number of rotatable bonds is 2. The second-order valence-corrected chi connectivity index (χ2v) is 10.5. The van der Waals surface area contributed by atoms with Gasteiger partial charge in [0.2, 0.25) is 0 Å². The Labute approximate surface area is 258 Å². The zero-order chi connectivity index (χ0) is 29.6. The summed E-state index contributed by atoms with van der Waals surface area (Å²) >= 11 is 6.48. The molecular weight excluding hydrogens is 664 g/mol. The molecule has 0 bridgehead atoms. The van der Waals surface area contributed by atoms with Gasteiger partial charge in [-0.05, 0) is 86.3 Å². The van der Waals surface area contributed by atoms with Crippen LogP contribution in [0.3, 0.4) is 0 Å². The Morgan fingerprint density at radius 1 is 0.571 bits per heavy atom. The lowest BCUT2D eigenvalue weighted by molar-refractivity contribution is 0.0659. The average Bonchev–Trinajstić information content (AvgIpc) is 3.40. The lowest BCUT2D eigenvalue weighted by atomic mass is 10.1. The number of halogens is 2. The number of hydrogen-bond acceptors (Lipinski definition) is 6. The number of amides is 4. The topological polar surface area (TPSA) is 101 Å². The molecule has 0 spiro atoms. The van der Waals surface area contributed by atoms with Crippen molar-refractivity contribution in [1.82, 2.24) is 19.8 Å². The first-order valence-corrected chi connectivity index (χ1v) is 14.0. The number of carbonyl (C=O) groups excluding carboxylic acids is 4. The smallest absolute Gasteiger partial charge is 0.262 e. The quantitative estimate of drug-likeness (QED) is 0.168. The molecule has 2 aromatic heterocycles. The number of pyridine rings is 2. The molecule has 0 saturated heterocycles. The van der Waals surface area contributed by atoms with E-state index in [4.69, 9.17) is 0 Å². The molecule has 204 valence electrons. The highest BCUT2D eigenvalue weighted by atomic mass is 79.9. The van der Waals surface area contributed by atoms with Gasteiger partial charge in [0, 0.05) is 22.4 Å². The van der Waals surface area contributed by atoms with Crippen LogP contribution in [0.25, 0.3) is 0 Å². The lowest BCUT2D eigenvalue weighted by Crippen LogP contribution is -2.30. The van der Waals surface area contributed by atoms with Gasteiger partial charge in [0.15, 0.2) is 0 Å². The minimum Gasteiger partial charge on any atom is -0.269 e. The van der Waals surface area contributed by atoms with Crippen LogP contribution in [0.4, 0.5) is 0 Å². The van der Waals surface area contributed by atoms with Gasteiger partial charge in [-0.25, -0.2) is 9.97 Å². The zero-order valence-corrected chi connectivity index (χ0v) is 24.8. The maximum atomic E-state index is 12.4. The van der Waals surface area contributed by atoms with Crippen LogP contribution in [-0.2, 0) is 0 Å². The summed E-state index contributed by atoms with van der Waals surface area (Å²) < 4.78 is 1.86. The van der Waals surface area contributed by atoms with Crippen molar-refractivity contribution in [2.24, 2.45) is 0 Å². The predicted molar refractivity (Wildman–Crippen MR) is 161 cm³/mol. The third-order valence-corrected chi connectivity index (χ3v) is 7.07. The van der Waals surface area contributed by atoms with E-state index in [0.717, 1.165) is 18.9 Å². The van der Waals surface area contributed by atoms with Gasteiger partial charge in [-0.15, -0.1) is 0 Å². The van der Waals surface area contributed by atoms with E-state index in [-0.39, 0.29) is 36.7 Å². The zero-order valence-electron chi connectivity index (χ0n) is 21.7. The minimum absolute atomic E-state index is 0.0197. The fourth-order valence-corrected chi connectivity index (χ4v) is 4.56. The second-order valence-electron chi connectivity index (χ2n) is 8.82. The molecule has 6 rings (SSSR count). The summed E-state index contributed by atoms with van der Waals surface area (Å²) in [5, 5.41) is 0. The Kier molecular flexibility index (Phi) is 8.68. The number of benzene rings is 2. The number of hydrogen-bond donors (Lipinski definition) is 0. The molecule has 4 amide bonds. The molecule has 0 aliphatic carbocycles. The lowest BCUT2D eigenvalue weighted by Gasteiger charge is -2.08. The van der Waals surface area contributed by atoms with E-state index in [9.17, 15) is 19.2 Å². The summed E-state index contributed by atoms with van der Waals surface area (Å²) in [6.07, 6.45) is 3.27. The van der Waals surface area contributed by atoms with Gasteiger partial charge in [0.25, 0.3) is 23.6 Å². The molecule has 0 fully saturated rings. The number of carbonyl (C=O) groups is 4. The van der Waals surface area contributed by atoms with Crippen LogP contribution < -0.4 is 0 Å². The van der Waals surface area contributed by atoms with Crippen LogP contribution in [0.15, 0.2) is 94.3 Å². The second kappa shape index (κ2) is 12.7. The van der Waals surface area contributed by atoms with Gasteiger partial charge in [-0.2, -0.15) is 0 Å². The van der Waals surface area contributed by atoms with Crippen molar-refractivity contribution in [3.05, 3.63) is 128 Å². The number of aromatic nitrogens is 2. The maximum Gasteiger partial charge on any atom is 0.262 e. The average molecular weight is 682 g/mol. The summed E-state index contributed by atoms with van der Waals surface area (Å²) in [6, 6.07) is 20.6. The highest BCUT2D eigenvalue weighted by molar-refractivity contribution is 9.11. The van der Waals surface area contributed by atoms with E-state index >= 15 is 0 Å². The van der Waals surface area contributed by atoms with Gasteiger partial charge in [0.1, 0.15) is 10.3 Å². The molecule has 0 N–H and O–H groups in total. The van der Waals surface area contributed by atoms with E-state index < -0.39 is 0 Å². The highest BCUT2D eigenvalue weighted by Crippen LogP contribution is 2.22. The Bertz CT molecular complexity index is 1640. The summed E-state index contributed by atoms with van der Waals surface area (Å²) in [5.41, 5.74) is 2.61. The summed E-state index contributed by atoms with van der Waals surface area (Å²) in [6.45, 7) is -0.0515. The molecule has 0 saturated carbocycles. The monoisotopic (exact) mass is 680 g/mol. The predicted octanol–water partition coefficient (Wildman–Crippen LogP) is 4.98. The largest absolute Gasteiger partial charge is 0.269 e. The standard InChI is InChI=1S/C27H15N3O4.C5H3Br2N/c31-24-20-9-1-2-10-21(20)25(32)29(24)15-5-7-18-13-14-19(28-17-18)8-6-16-30-26(33)22-11-3-4-12-23(22)27(30)34;6-4-1-2-5(7)8-3-4/h1-4,9-14,17H,15-16H2;1-3H. The van der Waals surface area contributed by atoms with E-state index in [2.05, 4.69) is 65.5 Å². The van der Waals surface area contributed by atoms with E-state index in [0.29, 0.717) is 33.5 Å². The highest BCUT2D eigenvalue weighted by Gasteiger charge is 2.35. The molecule has 4 aromatic rings. The van der Waals surface area contributed by atoms with E-state index in [1.54, 1.807) is 66.9 Å². The summed E-state index contributed by atoms with van der Waals surface area (Å²) in [7, 11) is 0. The van der Waals surface area contributed by atoms with E-state index in [1.165, 1.54) is 6.20 Å². The molecule has 42 heavy (non-hydrogen) atoms. The van der Waals surface area contributed by atoms with Crippen LogP contribution in [0, 0.1) is 23.7 Å². The fraction of sp³-hybridized carbons (Fsp3) is 0.0625. The number of fused-ring (bicyclic) bond motifs is 2. The van der Waals surface area contributed by atoms with Crippen molar-refractivity contribution in [1.29, 1.82) is 0 Å². The summed E-state index contributed by atoms with van der Waals surface area (Å²) in [4.78, 5) is 59.8. The van der Waals surface area contributed by atoms with Crippen molar-refractivity contribution in [2.75, 3.05) is 13.1 Å². The SMILES string of the molecule is Brc1ccc(Br)nc1.O=C1c2ccccc2C(=O)N1CC#Cc1ccc(C#CCN2C(=O)c3ccccc3C2=O)nc1. The Morgan fingerprint density at radius 2 is 1.07 bits per heavy atom. The van der Waals surface area contributed by atoms with Crippen molar-refractivity contribution >= 4 is 55.5 Å². The molecule has 2 aliphatic heterocycles. The Morgan fingerprint density at radius 3 is 1.48 bits per heavy atom. The molecule has 0 unspecified atom stereocenters. The van der Waals surface area contributed by atoms with Gasteiger partial charge >= 0.3 is 0 Å². The van der Waals surface area contributed by atoms with Crippen LogP contribution in [-0.4, -0.2) is 56.5 Å². The van der Waals surface area contributed by atoms with Crippen molar-refractivity contribution in [3.63, 3.8) is 0 Å². The Balaban J connectivity index is 0.000000382. The first kappa shape index (κ1) is 28.6. The number of imide groups is 2. The van der Waals surface area contributed by atoms with Crippen LogP contribution in [0.5, 0.6) is 0 Å². The van der Waals surface area contributed by atoms with E-state index in [1.807, 2.05) is 12.1 Å². The number of nitrogens with zero attached hydrogens (tertiary/aromatic N) is 4. The summed E-state index contributed by atoms with van der Waals surface area (Å²) in [5.74, 6) is 9.96. The van der Waals surface area contributed by atoms with Gasteiger partial charge < -0.3 is 0 Å². The van der Waals surface area contributed by atoms with Crippen LogP contribution in [0.2, 0.25) is 0 Å². The third-order valence-electron chi connectivity index (χ3n) is 6.13. The van der Waals surface area contributed by atoms with Gasteiger partial charge in [0.05, 0.1) is 35.3 Å². The molecule has 8 nitrogen and oxygen atoms in total. The molecule has 10 heteroatoms. The third kappa shape index (κ3) is 6.21. The van der Waals surface area contributed by atoms with Gasteiger partial charge in [-0.1, -0.05) is 42.0 Å². The molecule has 2 aromatic carbocycles. The normalized spacial score (nSPS) is 12.9. The molecule has 4 heterocycles. The van der Waals surface area contributed by atoms with Crippen molar-refractivity contribution in [2.45, 2.75) is 0 Å². The van der Waals surface area contributed by atoms with Gasteiger partial charge in [-0.3, -0.25) is 29.0 Å². The van der Waals surface area contributed by atoms with Crippen molar-refractivity contribution in [3.8, 4) is 23.7 Å². The molecular formula is C32H18Br2N4O4. The van der Waals surface area contributed by atoms with Crippen LogP contribution >= 0.6 is 31.9 Å². The molecule has 0 radical (unpaired) electrons. The van der Waals surface area contributed by atoms with Crippen LogP contribution in [0.1, 0.15) is 52.7 Å². The first-order valence-electron chi connectivity index (χ1n) is 12.4. The Hall–Kier alpha value is -4.90. The van der Waals surface area contributed by atoms with Crippen molar-refractivity contribution < 1.29 is 19.2 Å².